The molecule has 0 spiro atoms. The smallest absolute Gasteiger partial charge is 0.417 e. The molecule has 0 aliphatic heterocycles. The Balaban J connectivity index is 1.76. The topological polar surface area (TPSA) is 51.2 Å². The molecule has 1 aromatic rings. The Morgan fingerprint density at radius 2 is 2.00 bits per heavy atom. The Morgan fingerprint density at radius 1 is 1.29 bits per heavy atom. The van der Waals surface area contributed by atoms with Gasteiger partial charge < -0.3 is 10.1 Å². The Hall–Kier alpha value is -1.79. The molecule has 24 heavy (non-hydrogen) atoms. The van der Waals surface area contributed by atoms with Gasteiger partial charge in [0.15, 0.2) is 0 Å². The molecular formula is C17H23F3N2O2. The van der Waals surface area contributed by atoms with Gasteiger partial charge in [0, 0.05) is 24.7 Å². The highest BCUT2D eigenvalue weighted by Gasteiger charge is 2.31. The number of aromatic nitrogens is 1. The van der Waals surface area contributed by atoms with Crippen LogP contribution < -0.4 is 10.1 Å². The molecule has 1 amide bonds. The van der Waals surface area contributed by atoms with Crippen LogP contribution >= 0.6 is 0 Å². The predicted octanol–water partition coefficient (Wildman–Crippen LogP) is 4.10. The second-order valence-corrected chi connectivity index (χ2v) is 6.15. The largest absolute Gasteiger partial charge is 0.474 e. The molecule has 1 aliphatic rings. The summed E-state index contributed by atoms with van der Waals surface area (Å²) in [5, 5.41) is 3.03. The van der Waals surface area contributed by atoms with Crippen LogP contribution in [0.5, 0.6) is 5.88 Å². The third kappa shape index (κ3) is 5.69. The highest BCUT2D eigenvalue weighted by molar-refractivity contribution is 5.76. The lowest BCUT2D eigenvalue weighted by Crippen LogP contribution is -2.39. The van der Waals surface area contributed by atoms with Gasteiger partial charge >= 0.3 is 6.18 Å². The van der Waals surface area contributed by atoms with E-state index >= 15 is 0 Å². The average Bonchev–Trinajstić information content (AvgIpc) is 2.54. The highest BCUT2D eigenvalue weighted by Crippen LogP contribution is 2.30. The average molecular weight is 344 g/mol. The number of hydrogen-bond acceptors (Lipinski definition) is 3. The van der Waals surface area contributed by atoms with Gasteiger partial charge in [-0.1, -0.05) is 13.3 Å². The van der Waals surface area contributed by atoms with Crippen LogP contribution in [0.2, 0.25) is 0 Å². The molecule has 0 atom stereocenters. The lowest BCUT2D eigenvalue weighted by atomic mass is 9.93. The molecule has 1 fully saturated rings. The number of nitrogens with zero attached hydrogens (tertiary/aromatic N) is 1. The van der Waals surface area contributed by atoms with Crippen LogP contribution in [0.1, 0.15) is 57.4 Å². The summed E-state index contributed by atoms with van der Waals surface area (Å²) in [4.78, 5) is 15.4. The first-order chi connectivity index (χ1) is 11.4. The molecule has 1 aromatic heterocycles. The normalized spacial score (nSPS) is 21.3. The summed E-state index contributed by atoms with van der Waals surface area (Å²) in [6, 6.07) is 2.39. The van der Waals surface area contributed by atoms with Crippen LogP contribution in [0, 0.1) is 0 Å². The van der Waals surface area contributed by atoms with Gasteiger partial charge in [0.05, 0.1) is 5.56 Å². The van der Waals surface area contributed by atoms with Gasteiger partial charge in [0.25, 0.3) is 0 Å². The summed E-state index contributed by atoms with van der Waals surface area (Å²) in [6.07, 6.45) is 1.89. The summed E-state index contributed by atoms with van der Waals surface area (Å²) >= 11 is 0. The van der Waals surface area contributed by atoms with Crippen LogP contribution in [0.3, 0.4) is 0 Å². The molecule has 134 valence electrons. The first kappa shape index (κ1) is 18.5. The van der Waals surface area contributed by atoms with Crippen molar-refractivity contribution in [3.05, 3.63) is 23.9 Å². The number of ether oxygens (including phenoxy) is 1. The quantitative estimate of drug-likeness (QED) is 0.845. The summed E-state index contributed by atoms with van der Waals surface area (Å²) in [5.41, 5.74) is -0.784. The van der Waals surface area contributed by atoms with Gasteiger partial charge in [-0.15, -0.1) is 0 Å². The van der Waals surface area contributed by atoms with Crippen LogP contribution in [0.15, 0.2) is 18.3 Å². The standard InChI is InChI=1S/C17H23F3N2O2/c1-2-3-4-15(23)22-13-6-8-14(9-7-13)24-16-10-5-12(11-21-16)17(18,19)20/h5,10-11,13-14H,2-4,6-9H2,1H3,(H,22,23). The highest BCUT2D eigenvalue weighted by atomic mass is 19.4. The third-order valence-corrected chi connectivity index (χ3v) is 4.15. The third-order valence-electron chi connectivity index (χ3n) is 4.15. The van der Waals surface area contributed by atoms with Crippen molar-refractivity contribution < 1.29 is 22.7 Å². The number of halogens is 3. The SMILES string of the molecule is CCCCC(=O)NC1CCC(Oc2ccc(C(F)(F)F)cn2)CC1. The van der Waals surface area contributed by atoms with Crippen molar-refractivity contribution in [1.29, 1.82) is 0 Å². The minimum Gasteiger partial charge on any atom is -0.474 e. The molecule has 4 nitrogen and oxygen atoms in total. The Bertz CT molecular complexity index is 524. The summed E-state index contributed by atoms with van der Waals surface area (Å²) in [7, 11) is 0. The van der Waals surface area contributed by atoms with Crippen LogP contribution in [0.4, 0.5) is 13.2 Å². The van der Waals surface area contributed by atoms with Crippen LogP contribution in [-0.4, -0.2) is 23.0 Å². The van der Waals surface area contributed by atoms with Crippen molar-refractivity contribution in [2.24, 2.45) is 0 Å². The van der Waals surface area contributed by atoms with Crippen molar-refractivity contribution in [2.75, 3.05) is 0 Å². The maximum Gasteiger partial charge on any atom is 0.417 e. The van der Waals surface area contributed by atoms with E-state index in [0.29, 0.717) is 6.42 Å². The Kier molecular flexibility index (Phi) is 6.45. The molecule has 0 radical (unpaired) electrons. The fourth-order valence-electron chi connectivity index (χ4n) is 2.75. The van der Waals surface area contributed by atoms with Crippen LogP contribution in [-0.2, 0) is 11.0 Å². The summed E-state index contributed by atoms with van der Waals surface area (Å²) in [5.74, 6) is 0.295. The first-order valence-electron chi connectivity index (χ1n) is 8.37. The predicted molar refractivity (Wildman–Crippen MR) is 83.6 cm³/mol. The first-order valence-corrected chi connectivity index (χ1v) is 8.37. The van der Waals surface area contributed by atoms with E-state index in [9.17, 15) is 18.0 Å². The van der Waals surface area contributed by atoms with E-state index in [2.05, 4.69) is 10.3 Å². The molecule has 0 unspecified atom stereocenters. The lowest BCUT2D eigenvalue weighted by Gasteiger charge is -2.29. The number of rotatable bonds is 6. The van der Waals surface area contributed by atoms with E-state index in [4.69, 9.17) is 4.74 Å². The van der Waals surface area contributed by atoms with E-state index < -0.39 is 11.7 Å². The number of nitrogens with one attached hydrogen (secondary N) is 1. The minimum absolute atomic E-state index is 0.0713. The van der Waals surface area contributed by atoms with Gasteiger partial charge in [0.1, 0.15) is 6.10 Å². The van der Waals surface area contributed by atoms with E-state index in [0.717, 1.165) is 50.8 Å². The molecule has 1 aliphatic carbocycles. The summed E-state index contributed by atoms with van der Waals surface area (Å²) < 4.78 is 43.1. The molecule has 2 rings (SSSR count). The number of pyridine rings is 1. The van der Waals surface area contributed by atoms with Crippen molar-refractivity contribution in [3.8, 4) is 5.88 Å². The number of carbonyl (C=O) groups excluding carboxylic acids is 1. The summed E-state index contributed by atoms with van der Waals surface area (Å²) in [6.45, 7) is 2.05. The van der Waals surface area contributed by atoms with Crippen molar-refractivity contribution in [3.63, 3.8) is 0 Å². The van der Waals surface area contributed by atoms with Crippen molar-refractivity contribution in [1.82, 2.24) is 10.3 Å². The van der Waals surface area contributed by atoms with E-state index in [-0.39, 0.29) is 23.9 Å². The van der Waals surface area contributed by atoms with Gasteiger partial charge in [-0.05, 0) is 38.2 Å². The number of amides is 1. The lowest BCUT2D eigenvalue weighted by molar-refractivity contribution is -0.137. The zero-order valence-corrected chi connectivity index (χ0v) is 13.7. The molecular weight excluding hydrogens is 321 g/mol. The Morgan fingerprint density at radius 3 is 2.54 bits per heavy atom. The molecule has 0 saturated heterocycles. The maximum absolute atomic E-state index is 12.5. The number of carbonyl (C=O) groups is 1. The number of hydrogen-bond donors (Lipinski definition) is 1. The minimum atomic E-state index is -4.39. The molecule has 0 bridgehead atoms. The molecule has 7 heteroatoms. The second-order valence-electron chi connectivity index (χ2n) is 6.15. The molecule has 0 aromatic carbocycles. The fraction of sp³-hybridized carbons (Fsp3) is 0.647. The molecule has 1 N–H and O–H groups in total. The Labute approximate surface area is 139 Å². The molecule has 1 saturated carbocycles. The fourth-order valence-corrected chi connectivity index (χ4v) is 2.75. The van der Waals surface area contributed by atoms with Gasteiger partial charge in [-0.3, -0.25) is 4.79 Å². The van der Waals surface area contributed by atoms with Crippen LogP contribution in [0.25, 0.3) is 0 Å². The van der Waals surface area contributed by atoms with E-state index in [1.165, 1.54) is 6.07 Å². The number of alkyl halides is 3. The van der Waals surface area contributed by atoms with Crippen molar-refractivity contribution in [2.45, 2.75) is 70.2 Å². The van der Waals surface area contributed by atoms with Gasteiger partial charge in [0.2, 0.25) is 11.8 Å². The molecule has 1 heterocycles. The van der Waals surface area contributed by atoms with Crippen molar-refractivity contribution >= 4 is 5.91 Å². The number of unbranched alkanes of at least 4 members (excludes halogenated alkanes) is 1. The van der Waals surface area contributed by atoms with Gasteiger partial charge in [-0.25, -0.2) is 4.98 Å². The van der Waals surface area contributed by atoms with Gasteiger partial charge in [-0.2, -0.15) is 13.2 Å². The monoisotopic (exact) mass is 344 g/mol. The maximum atomic E-state index is 12.5. The second kappa shape index (κ2) is 8.35. The van der Waals surface area contributed by atoms with E-state index in [1.54, 1.807) is 0 Å². The van der Waals surface area contributed by atoms with E-state index in [1.807, 2.05) is 6.92 Å². The zero-order valence-electron chi connectivity index (χ0n) is 13.7. The zero-order chi connectivity index (χ0) is 17.6.